The van der Waals surface area contributed by atoms with Crippen LogP contribution in [0, 0.1) is 13.8 Å². The van der Waals surface area contributed by atoms with Crippen LogP contribution in [0.1, 0.15) is 11.4 Å². The Bertz CT molecular complexity index is 431. The second-order valence-corrected chi connectivity index (χ2v) is 3.27. The van der Waals surface area contributed by atoms with E-state index in [9.17, 15) is 0 Å². The minimum atomic E-state index is 0.580. The number of rotatable bonds is 0. The molecule has 0 saturated heterocycles. The normalized spacial score (nSPS) is 10.9. The molecule has 2 nitrogen and oxygen atoms in total. The zero-order chi connectivity index (χ0) is 8.72. The Balaban J connectivity index is 2.90. The van der Waals surface area contributed by atoms with Crippen molar-refractivity contribution < 1.29 is 0 Å². The van der Waals surface area contributed by atoms with Crippen LogP contribution in [0.2, 0.25) is 5.15 Å². The molecule has 2 heterocycles. The number of pyridine rings is 1. The molecule has 0 amide bonds. The molecule has 2 rings (SSSR count). The number of aromatic nitrogens is 2. The first-order valence-electron chi connectivity index (χ1n) is 3.79. The highest BCUT2D eigenvalue weighted by Gasteiger charge is 2.04. The molecular formula is C9H9ClN2. The Morgan fingerprint density at radius 2 is 2.17 bits per heavy atom. The Morgan fingerprint density at radius 3 is 2.92 bits per heavy atom. The van der Waals surface area contributed by atoms with Crippen LogP contribution in [0.15, 0.2) is 18.3 Å². The molecule has 0 aliphatic carbocycles. The molecule has 0 saturated carbocycles. The highest BCUT2D eigenvalue weighted by Crippen LogP contribution is 2.18. The standard InChI is InChI=1S/C9H9ClN2/c1-6-3-4-12-7(2)11-9(10)8(12)5-6/h3-5H,1-2H3. The number of nitrogens with zero attached hydrogens (tertiary/aromatic N) is 2. The summed E-state index contributed by atoms with van der Waals surface area (Å²) in [4.78, 5) is 4.16. The SMILES string of the molecule is Cc1ccn2c(C)nc(Cl)c2c1. The van der Waals surface area contributed by atoms with Crippen LogP contribution >= 0.6 is 11.6 Å². The molecule has 0 N–H and O–H groups in total. The maximum atomic E-state index is 5.92. The number of halogens is 1. The van der Waals surface area contributed by atoms with Gasteiger partial charge in [-0.15, -0.1) is 0 Å². The lowest BCUT2D eigenvalue weighted by molar-refractivity contribution is 1.04. The average molecular weight is 181 g/mol. The van der Waals surface area contributed by atoms with E-state index in [1.54, 1.807) is 0 Å². The molecular weight excluding hydrogens is 172 g/mol. The van der Waals surface area contributed by atoms with Crippen LogP contribution in [-0.4, -0.2) is 9.38 Å². The fourth-order valence-corrected chi connectivity index (χ4v) is 1.57. The van der Waals surface area contributed by atoms with Gasteiger partial charge < -0.3 is 4.40 Å². The monoisotopic (exact) mass is 180 g/mol. The summed E-state index contributed by atoms with van der Waals surface area (Å²) in [6, 6.07) is 4.07. The van der Waals surface area contributed by atoms with Gasteiger partial charge in [-0.05, 0) is 31.5 Å². The molecule has 0 unspecified atom stereocenters. The summed E-state index contributed by atoms with van der Waals surface area (Å²) >= 11 is 5.92. The molecule has 0 bridgehead atoms. The van der Waals surface area contributed by atoms with Crippen molar-refractivity contribution >= 4 is 17.1 Å². The number of hydrogen-bond acceptors (Lipinski definition) is 1. The molecule has 0 aliphatic rings. The van der Waals surface area contributed by atoms with Gasteiger partial charge in [-0.1, -0.05) is 11.6 Å². The summed E-state index contributed by atoms with van der Waals surface area (Å²) < 4.78 is 1.98. The van der Waals surface area contributed by atoms with E-state index < -0.39 is 0 Å². The zero-order valence-corrected chi connectivity index (χ0v) is 7.76. The molecule has 12 heavy (non-hydrogen) atoms. The number of aryl methyl sites for hydroxylation is 2. The van der Waals surface area contributed by atoms with E-state index in [0.29, 0.717) is 5.15 Å². The molecule has 0 fully saturated rings. The van der Waals surface area contributed by atoms with Crippen molar-refractivity contribution in [2.75, 3.05) is 0 Å². The van der Waals surface area contributed by atoms with Gasteiger partial charge in [-0.2, -0.15) is 0 Å². The van der Waals surface area contributed by atoms with Crippen molar-refractivity contribution in [2.45, 2.75) is 13.8 Å². The fourth-order valence-electron chi connectivity index (χ4n) is 1.30. The molecule has 2 aromatic rings. The van der Waals surface area contributed by atoms with Crippen molar-refractivity contribution in [1.82, 2.24) is 9.38 Å². The lowest BCUT2D eigenvalue weighted by Gasteiger charge is -1.96. The molecule has 62 valence electrons. The van der Waals surface area contributed by atoms with Crippen LogP contribution in [0.5, 0.6) is 0 Å². The smallest absolute Gasteiger partial charge is 0.155 e. The van der Waals surface area contributed by atoms with Gasteiger partial charge in [0.25, 0.3) is 0 Å². The second-order valence-electron chi connectivity index (χ2n) is 2.91. The minimum Gasteiger partial charge on any atom is -0.302 e. The van der Waals surface area contributed by atoms with Crippen molar-refractivity contribution in [3.8, 4) is 0 Å². The van der Waals surface area contributed by atoms with Gasteiger partial charge in [0.15, 0.2) is 5.15 Å². The van der Waals surface area contributed by atoms with Gasteiger partial charge in [0.1, 0.15) is 5.82 Å². The predicted molar refractivity (Wildman–Crippen MR) is 49.7 cm³/mol. The summed E-state index contributed by atoms with van der Waals surface area (Å²) in [5.74, 6) is 0.926. The van der Waals surface area contributed by atoms with E-state index in [1.165, 1.54) is 5.56 Å². The summed E-state index contributed by atoms with van der Waals surface area (Å²) in [6.45, 7) is 3.98. The molecule has 0 atom stereocenters. The highest BCUT2D eigenvalue weighted by molar-refractivity contribution is 6.32. The minimum absolute atomic E-state index is 0.580. The number of fused-ring (bicyclic) bond motifs is 1. The van der Waals surface area contributed by atoms with E-state index in [4.69, 9.17) is 11.6 Å². The molecule has 0 spiro atoms. The van der Waals surface area contributed by atoms with E-state index in [1.807, 2.05) is 36.6 Å². The quantitative estimate of drug-likeness (QED) is 0.609. The Hall–Kier alpha value is -1.02. The first-order chi connectivity index (χ1) is 5.68. The second kappa shape index (κ2) is 2.49. The summed E-state index contributed by atoms with van der Waals surface area (Å²) in [5.41, 5.74) is 2.18. The molecule has 3 heteroatoms. The van der Waals surface area contributed by atoms with Gasteiger partial charge in [0.2, 0.25) is 0 Å². The first-order valence-corrected chi connectivity index (χ1v) is 4.17. The summed E-state index contributed by atoms with van der Waals surface area (Å²) in [7, 11) is 0. The van der Waals surface area contributed by atoms with Crippen LogP contribution in [0.4, 0.5) is 0 Å². The van der Waals surface area contributed by atoms with Gasteiger partial charge in [0.05, 0.1) is 5.52 Å². The van der Waals surface area contributed by atoms with E-state index in [0.717, 1.165) is 11.3 Å². The van der Waals surface area contributed by atoms with Gasteiger partial charge in [0, 0.05) is 6.20 Å². The molecule has 0 radical (unpaired) electrons. The van der Waals surface area contributed by atoms with Crippen molar-refractivity contribution in [3.05, 3.63) is 34.9 Å². The Labute approximate surface area is 75.8 Å². The summed E-state index contributed by atoms with van der Waals surface area (Å²) in [5, 5.41) is 0.580. The van der Waals surface area contributed by atoms with E-state index in [2.05, 4.69) is 4.98 Å². The van der Waals surface area contributed by atoms with Crippen LogP contribution in [-0.2, 0) is 0 Å². The average Bonchev–Trinajstić information content (AvgIpc) is 2.28. The third-order valence-electron chi connectivity index (χ3n) is 1.93. The summed E-state index contributed by atoms with van der Waals surface area (Å²) in [6.07, 6.45) is 1.98. The van der Waals surface area contributed by atoms with Crippen LogP contribution in [0.3, 0.4) is 0 Å². The lowest BCUT2D eigenvalue weighted by atomic mass is 10.3. The zero-order valence-electron chi connectivity index (χ0n) is 7.00. The van der Waals surface area contributed by atoms with Gasteiger partial charge in [-0.3, -0.25) is 0 Å². The third-order valence-corrected chi connectivity index (χ3v) is 2.21. The van der Waals surface area contributed by atoms with E-state index in [-0.39, 0.29) is 0 Å². The topological polar surface area (TPSA) is 17.3 Å². The lowest BCUT2D eigenvalue weighted by Crippen LogP contribution is -1.86. The fraction of sp³-hybridized carbons (Fsp3) is 0.222. The Kier molecular flexibility index (Phi) is 1.58. The number of imidazole rings is 1. The van der Waals surface area contributed by atoms with Gasteiger partial charge >= 0.3 is 0 Å². The van der Waals surface area contributed by atoms with Crippen molar-refractivity contribution in [3.63, 3.8) is 0 Å². The van der Waals surface area contributed by atoms with Gasteiger partial charge in [-0.25, -0.2) is 4.98 Å². The third kappa shape index (κ3) is 0.994. The highest BCUT2D eigenvalue weighted by atomic mass is 35.5. The molecule has 2 aromatic heterocycles. The van der Waals surface area contributed by atoms with Crippen molar-refractivity contribution in [2.24, 2.45) is 0 Å². The van der Waals surface area contributed by atoms with E-state index >= 15 is 0 Å². The number of hydrogen-bond donors (Lipinski definition) is 0. The molecule has 0 aliphatic heterocycles. The van der Waals surface area contributed by atoms with Crippen molar-refractivity contribution in [1.29, 1.82) is 0 Å². The molecule has 0 aromatic carbocycles. The predicted octanol–water partition coefficient (Wildman–Crippen LogP) is 2.60. The maximum absolute atomic E-state index is 5.92. The van der Waals surface area contributed by atoms with Crippen LogP contribution < -0.4 is 0 Å². The largest absolute Gasteiger partial charge is 0.302 e. The van der Waals surface area contributed by atoms with Crippen LogP contribution in [0.25, 0.3) is 5.52 Å². The first kappa shape index (κ1) is 7.62. The maximum Gasteiger partial charge on any atom is 0.155 e. The Morgan fingerprint density at radius 1 is 1.42 bits per heavy atom.